The van der Waals surface area contributed by atoms with Gasteiger partial charge in [0.25, 0.3) is 5.91 Å². The van der Waals surface area contributed by atoms with E-state index in [9.17, 15) is 18.0 Å². The molecule has 0 bridgehead atoms. The second kappa shape index (κ2) is 11.2. The van der Waals surface area contributed by atoms with E-state index in [4.69, 9.17) is 0 Å². The third-order valence-corrected chi connectivity index (χ3v) is 7.31. The van der Waals surface area contributed by atoms with Crippen molar-refractivity contribution in [3.05, 3.63) is 88.3 Å². The van der Waals surface area contributed by atoms with Crippen LogP contribution in [0.3, 0.4) is 0 Å². The second-order valence-corrected chi connectivity index (χ2v) is 10.0. The number of aryl methyl sites for hydroxylation is 1. The number of carbonyl (C=O) groups excluding carboxylic acids is 1. The fraction of sp³-hybridized carbons (Fsp3) is 0.286. The molecule has 4 aromatic rings. The lowest BCUT2D eigenvalue weighted by molar-refractivity contribution is -0.274. The van der Waals surface area contributed by atoms with Crippen molar-refractivity contribution in [2.24, 2.45) is 0 Å². The van der Waals surface area contributed by atoms with Crippen molar-refractivity contribution in [3.8, 4) is 5.75 Å². The molecule has 1 aliphatic heterocycles. The first-order chi connectivity index (χ1) is 18.7. The Labute approximate surface area is 232 Å². The number of fused-ring (bicyclic) bond motifs is 1. The van der Waals surface area contributed by atoms with E-state index in [-0.39, 0.29) is 11.7 Å². The molecule has 11 heteroatoms. The number of anilines is 2. The van der Waals surface area contributed by atoms with E-state index >= 15 is 0 Å². The van der Waals surface area contributed by atoms with Gasteiger partial charge in [0.1, 0.15) is 11.4 Å². The van der Waals surface area contributed by atoms with Crippen molar-refractivity contribution in [1.29, 1.82) is 0 Å². The number of halogens is 4. The molecule has 1 amide bonds. The number of piperazine rings is 1. The Morgan fingerprint density at radius 2 is 1.56 bits per heavy atom. The molecular weight excluding hydrogens is 575 g/mol. The molecule has 0 radical (unpaired) electrons. The highest BCUT2D eigenvalue weighted by atomic mass is 79.9. The molecule has 1 saturated heterocycles. The number of benzene rings is 2. The van der Waals surface area contributed by atoms with Crippen LogP contribution in [0.15, 0.2) is 71.3 Å². The van der Waals surface area contributed by atoms with Crippen molar-refractivity contribution in [2.45, 2.75) is 26.3 Å². The van der Waals surface area contributed by atoms with Crippen LogP contribution in [0.2, 0.25) is 0 Å². The van der Waals surface area contributed by atoms with Gasteiger partial charge < -0.3 is 19.9 Å². The minimum absolute atomic E-state index is 0.171. The molecule has 2 aromatic heterocycles. The molecule has 204 valence electrons. The predicted octanol–water partition coefficient (Wildman–Crippen LogP) is 5.81. The molecule has 1 N–H and O–H groups in total. The number of nitrogens with one attached hydrogen (secondary N) is 1. The van der Waals surface area contributed by atoms with Crippen LogP contribution < -0.4 is 19.9 Å². The van der Waals surface area contributed by atoms with E-state index in [1.54, 1.807) is 12.1 Å². The maximum atomic E-state index is 13.1. The lowest BCUT2D eigenvalue weighted by Crippen LogP contribution is -2.46. The van der Waals surface area contributed by atoms with Crippen LogP contribution in [0.1, 0.15) is 28.7 Å². The van der Waals surface area contributed by atoms with Crippen LogP contribution in [0.25, 0.3) is 5.65 Å². The summed E-state index contributed by atoms with van der Waals surface area (Å²) >= 11 is 3.50. The maximum Gasteiger partial charge on any atom is 0.573 e. The highest BCUT2D eigenvalue weighted by molar-refractivity contribution is 9.10. The molecule has 0 saturated carbocycles. The van der Waals surface area contributed by atoms with Crippen molar-refractivity contribution >= 4 is 38.9 Å². The van der Waals surface area contributed by atoms with Gasteiger partial charge in [0.15, 0.2) is 5.65 Å². The summed E-state index contributed by atoms with van der Waals surface area (Å²) in [5, 5.41) is 3.02. The van der Waals surface area contributed by atoms with E-state index in [0.29, 0.717) is 18.7 Å². The zero-order chi connectivity index (χ0) is 27.6. The molecule has 0 atom stereocenters. The normalized spacial score (nSPS) is 14.1. The van der Waals surface area contributed by atoms with Gasteiger partial charge >= 0.3 is 6.36 Å². The summed E-state index contributed by atoms with van der Waals surface area (Å²) < 4.78 is 43.8. The number of alkyl halides is 3. The summed E-state index contributed by atoms with van der Waals surface area (Å²) in [5.41, 5.74) is 4.94. The van der Waals surface area contributed by atoms with Gasteiger partial charge in [-0.25, -0.2) is 4.98 Å². The molecule has 1 fully saturated rings. The molecule has 39 heavy (non-hydrogen) atoms. The first-order valence-corrected chi connectivity index (χ1v) is 13.4. The third-order valence-electron chi connectivity index (χ3n) is 6.69. The number of ether oxygens (including phenoxy) is 1. The van der Waals surface area contributed by atoms with Gasteiger partial charge in [0, 0.05) is 50.3 Å². The number of hydrogen-bond acceptors (Lipinski definition) is 5. The van der Waals surface area contributed by atoms with Gasteiger partial charge in [-0.1, -0.05) is 19.1 Å². The largest absolute Gasteiger partial charge is 0.573 e. The van der Waals surface area contributed by atoms with Crippen LogP contribution in [0, 0.1) is 0 Å². The Balaban J connectivity index is 1.16. The minimum atomic E-state index is -4.69. The number of rotatable bonds is 7. The smallest absolute Gasteiger partial charge is 0.406 e. The van der Waals surface area contributed by atoms with Crippen molar-refractivity contribution in [3.63, 3.8) is 0 Å². The van der Waals surface area contributed by atoms with Gasteiger partial charge in [0.2, 0.25) is 0 Å². The first-order valence-electron chi connectivity index (χ1n) is 12.6. The number of imidazole rings is 1. The molecule has 0 spiro atoms. The highest BCUT2D eigenvalue weighted by Gasteiger charge is 2.31. The lowest BCUT2D eigenvalue weighted by atomic mass is 10.1. The summed E-state index contributed by atoms with van der Waals surface area (Å²) in [6, 6.07) is 17.8. The molecule has 5 rings (SSSR count). The number of carbonyl (C=O) groups is 1. The van der Waals surface area contributed by atoms with Crippen LogP contribution in [-0.4, -0.2) is 47.8 Å². The molecule has 1 aliphatic rings. The van der Waals surface area contributed by atoms with Crippen LogP contribution in [-0.2, 0) is 13.0 Å². The zero-order valence-electron chi connectivity index (χ0n) is 21.2. The summed E-state index contributed by atoms with van der Waals surface area (Å²) in [6.45, 7) is 5.42. The van der Waals surface area contributed by atoms with E-state index in [1.807, 2.05) is 53.9 Å². The number of aromatic nitrogens is 2. The van der Waals surface area contributed by atoms with Gasteiger partial charge in [-0.15, -0.1) is 13.2 Å². The molecule has 0 unspecified atom stereocenters. The number of amides is 1. The third kappa shape index (κ3) is 6.13. The Morgan fingerprint density at radius 3 is 2.13 bits per heavy atom. The number of nitrogens with zero attached hydrogens (tertiary/aromatic N) is 4. The summed E-state index contributed by atoms with van der Waals surface area (Å²) in [7, 11) is 0. The molecular formula is C28H27BrF3N5O2. The summed E-state index contributed by atoms with van der Waals surface area (Å²) in [6.07, 6.45) is -2.21. The maximum absolute atomic E-state index is 13.1. The fourth-order valence-corrected chi connectivity index (χ4v) is 5.17. The SMILES string of the molecule is CCc1nc2c(Br)cccn2c1C(=O)NCc1ccc(N2CCN(c3ccc(OC(F)(F)F)cc3)CC2)cc1. The van der Waals surface area contributed by atoms with Crippen molar-refractivity contribution in [2.75, 3.05) is 36.0 Å². The average molecular weight is 602 g/mol. The number of pyridine rings is 1. The predicted molar refractivity (Wildman–Crippen MR) is 147 cm³/mol. The summed E-state index contributed by atoms with van der Waals surface area (Å²) in [5.74, 6) is -0.394. The molecule has 0 aliphatic carbocycles. The number of hydrogen-bond donors (Lipinski definition) is 1. The van der Waals surface area contributed by atoms with Crippen LogP contribution in [0.4, 0.5) is 24.5 Å². The van der Waals surface area contributed by atoms with Crippen molar-refractivity contribution in [1.82, 2.24) is 14.7 Å². The van der Waals surface area contributed by atoms with Crippen LogP contribution in [0.5, 0.6) is 5.75 Å². The lowest BCUT2D eigenvalue weighted by Gasteiger charge is -2.37. The quantitative estimate of drug-likeness (QED) is 0.289. The van der Waals surface area contributed by atoms with Gasteiger partial charge in [0.05, 0.1) is 10.2 Å². The Bertz CT molecular complexity index is 1450. The topological polar surface area (TPSA) is 62.1 Å². The van der Waals surface area contributed by atoms with E-state index in [0.717, 1.165) is 58.9 Å². The fourth-order valence-electron chi connectivity index (χ4n) is 4.74. The molecule has 3 heterocycles. The first kappa shape index (κ1) is 26.9. The van der Waals surface area contributed by atoms with Crippen LogP contribution >= 0.6 is 15.9 Å². The van der Waals surface area contributed by atoms with E-state index in [2.05, 4.69) is 40.8 Å². The Kier molecular flexibility index (Phi) is 7.69. The van der Waals surface area contributed by atoms with Gasteiger partial charge in [-0.05, 0) is 76.4 Å². The highest BCUT2D eigenvalue weighted by Crippen LogP contribution is 2.27. The van der Waals surface area contributed by atoms with Gasteiger partial charge in [-0.3, -0.25) is 9.20 Å². The minimum Gasteiger partial charge on any atom is -0.406 e. The monoisotopic (exact) mass is 601 g/mol. The van der Waals surface area contributed by atoms with Crippen molar-refractivity contribution < 1.29 is 22.7 Å². The second-order valence-electron chi connectivity index (χ2n) is 9.18. The molecule has 2 aromatic carbocycles. The zero-order valence-corrected chi connectivity index (χ0v) is 22.8. The Morgan fingerprint density at radius 1 is 0.974 bits per heavy atom. The summed E-state index contributed by atoms with van der Waals surface area (Å²) in [4.78, 5) is 22.1. The standard InChI is InChI=1S/C28H27BrF3N5O2/c1-2-24-25(37-13-3-4-23(29)26(37)34-24)27(38)33-18-19-5-7-20(8-6-19)35-14-16-36(17-15-35)21-9-11-22(12-10-21)39-28(30,31)32/h3-13H,2,14-18H2,1H3,(H,33,38). The van der Waals surface area contributed by atoms with Gasteiger partial charge in [-0.2, -0.15) is 0 Å². The average Bonchev–Trinajstić information content (AvgIpc) is 3.32. The van der Waals surface area contributed by atoms with E-state index < -0.39 is 6.36 Å². The molecule has 7 nitrogen and oxygen atoms in total. The Hall–Kier alpha value is -3.73. The van der Waals surface area contributed by atoms with E-state index in [1.165, 1.54) is 12.1 Å².